The van der Waals surface area contributed by atoms with Gasteiger partial charge in [-0.1, -0.05) is 29.8 Å². The molecule has 0 aromatic heterocycles. The van der Waals surface area contributed by atoms with Crippen LogP contribution in [0.5, 0.6) is 5.75 Å². The van der Waals surface area contributed by atoms with Gasteiger partial charge in [-0.25, -0.2) is 0 Å². The standard InChI is InChI=1S/C24H22ClN3O4/c1-28(2)22(29)15-32-19-7-5-6-16(14-19)23(30)27-21-9-4-3-8-20(21)24(31)26-18-12-10-17(25)11-13-18/h3-14H,15H2,1-2H3,(H,26,31)(H,27,30). The summed E-state index contributed by atoms with van der Waals surface area (Å²) in [5, 5.41) is 6.10. The summed E-state index contributed by atoms with van der Waals surface area (Å²) in [6, 6.07) is 19.9. The van der Waals surface area contributed by atoms with E-state index in [1.807, 2.05) is 0 Å². The van der Waals surface area contributed by atoms with Gasteiger partial charge in [-0.3, -0.25) is 14.4 Å². The van der Waals surface area contributed by atoms with Crippen LogP contribution in [0.2, 0.25) is 5.02 Å². The van der Waals surface area contributed by atoms with Crippen LogP contribution >= 0.6 is 11.6 Å². The number of halogens is 1. The number of hydrogen-bond acceptors (Lipinski definition) is 4. The molecule has 0 saturated heterocycles. The maximum atomic E-state index is 12.8. The van der Waals surface area contributed by atoms with E-state index in [1.165, 1.54) is 11.0 Å². The number of carbonyl (C=O) groups is 3. The van der Waals surface area contributed by atoms with E-state index < -0.39 is 5.91 Å². The maximum Gasteiger partial charge on any atom is 0.259 e. The second kappa shape index (κ2) is 10.5. The molecule has 0 unspecified atom stereocenters. The molecule has 0 aliphatic heterocycles. The van der Waals surface area contributed by atoms with Crippen LogP contribution in [0.25, 0.3) is 0 Å². The average molecular weight is 452 g/mol. The number of likely N-dealkylation sites (N-methyl/N-ethyl adjacent to an activating group) is 1. The zero-order valence-corrected chi connectivity index (χ0v) is 18.3. The van der Waals surface area contributed by atoms with Crippen LogP contribution in [0.3, 0.4) is 0 Å². The summed E-state index contributed by atoms with van der Waals surface area (Å²) < 4.78 is 5.46. The molecule has 0 heterocycles. The Bertz CT molecular complexity index is 1130. The first-order valence-corrected chi connectivity index (χ1v) is 10.1. The van der Waals surface area contributed by atoms with E-state index in [-0.39, 0.29) is 18.4 Å². The Kier molecular flexibility index (Phi) is 7.46. The van der Waals surface area contributed by atoms with Crippen molar-refractivity contribution in [3.63, 3.8) is 0 Å². The second-order valence-electron chi connectivity index (χ2n) is 7.07. The predicted molar refractivity (Wildman–Crippen MR) is 124 cm³/mol. The number of ether oxygens (including phenoxy) is 1. The summed E-state index contributed by atoms with van der Waals surface area (Å²) in [6.07, 6.45) is 0. The van der Waals surface area contributed by atoms with Gasteiger partial charge in [0.15, 0.2) is 6.61 Å². The van der Waals surface area contributed by atoms with Crippen molar-refractivity contribution in [2.75, 3.05) is 31.3 Å². The van der Waals surface area contributed by atoms with E-state index in [0.29, 0.717) is 33.3 Å². The quantitative estimate of drug-likeness (QED) is 0.560. The molecule has 7 nitrogen and oxygen atoms in total. The van der Waals surface area contributed by atoms with Crippen LogP contribution in [0.4, 0.5) is 11.4 Å². The first kappa shape index (κ1) is 22.8. The van der Waals surface area contributed by atoms with E-state index in [2.05, 4.69) is 10.6 Å². The molecule has 3 aromatic rings. The third kappa shape index (κ3) is 6.09. The molecule has 32 heavy (non-hydrogen) atoms. The third-order valence-electron chi connectivity index (χ3n) is 4.48. The number of anilines is 2. The highest BCUT2D eigenvalue weighted by molar-refractivity contribution is 6.30. The number of carbonyl (C=O) groups excluding carboxylic acids is 3. The fourth-order valence-corrected chi connectivity index (χ4v) is 2.84. The molecule has 0 saturated carbocycles. The Morgan fingerprint density at radius 2 is 1.59 bits per heavy atom. The van der Waals surface area contributed by atoms with Crippen molar-refractivity contribution in [1.82, 2.24) is 4.90 Å². The van der Waals surface area contributed by atoms with E-state index in [9.17, 15) is 14.4 Å². The molecule has 0 fully saturated rings. The molecule has 2 N–H and O–H groups in total. The van der Waals surface area contributed by atoms with Crippen LogP contribution in [-0.4, -0.2) is 43.3 Å². The van der Waals surface area contributed by atoms with Gasteiger partial charge in [-0.15, -0.1) is 0 Å². The monoisotopic (exact) mass is 451 g/mol. The highest BCUT2D eigenvalue weighted by Crippen LogP contribution is 2.21. The Morgan fingerprint density at radius 1 is 0.875 bits per heavy atom. The first-order chi connectivity index (χ1) is 15.3. The average Bonchev–Trinajstić information content (AvgIpc) is 2.79. The van der Waals surface area contributed by atoms with Crippen LogP contribution < -0.4 is 15.4 Å². The summed E-state index contributed by atoms with van der Waals surface area (Å²) in [7, 11) is 3.27. The van der Waals surface area contributed by atoms with Crippen molar-refractivity contribution in [3.8, 4) is 5.75 Å². The zero-order chi connectivity index (χ0) is 23.1. The molecule has 3 aromatic carbocycles. The van der Waals surface area contributed by atoms with Crippen molar-refractivity contribution in [1.29, 1.82) is 0 Å². The van der Waals surface area contributed by atoms with E-state index >= 15 is 0 Å². The van der Waals surface area contributed by atoms with Crippen LogP contribution in [0, 0.1) is 0 Å². The van der Waals surface area contributed by atoms with Gasteiger partial charge in [0.25, 0.3) is 17.7 Å². The fraction of sp³-hybridized carbons (Fsp3) is 0.125. The van der Waals surface area contributed by atoms with Gasteiger partial charge >= 0.3 is 0 Å². The molecular weight excluding hydrogens is 430 g/mol. The Labute approximate surface area is 190 Å². The smallest absolute Gasteiger partial charge is 0.259 e. The first-order valence-electron chi connectivity index (χ1n) is 9.74. The van der Waals surface area contributed by atoms with Gasteiger partial charge < -0.3 is 20.3 Å². The molecule has 0 aliphatic carbocycles. The fourth-order valence-electron chi connectivity index (χ4n) is 2.72. The van der Waals surface area contributed by atoms with Gasteiger partial charge in [-0.2, -0.15) is 0 Å². The number of amides is 3. The van der Waals surface area contributed by atoms with Crippen molar-refractivity contribution in [2.24, 2.45) is 0 Å². The maximum absolute atomic E-state index is 12.8. The lowest BCUT2D eigenvalue weighted by molar-refractivity contribution is -0.130. The van der Waals surface area contributed by atoms with Gasteiger partial charge in [-0.05, 0) is 54.6 Å². The lowest BCUT2D eigenvalue weighted by atomic mass is 10.1. The molecule has 3 amide bonds. The molecule has 0 aliphatic rings. The Hall–Kier alpha value is -3.84. The van der Waals surface area contributed by atoms with Crippen molar-refractivity contribution >= 4 is 40.7 Å². The van der Waals surface area contributed by atoms with Gasteiger partial charge in [0, 0.05) is 30.4 Å². The Morgan fingerprint density at radius 3 is 2.31 bits per heavy atom. The molecule has 8 heteroatoms. The van der Waals surface area contributed by atoms with Crippen LogP contribution in [0.15, 0.2) is 72.8 Å². The molecule has 0 bridgehead atoms. The van der Waals surface area contributed by atoms with E-state index in [0.717, 1.165) is 0 Å². The minimum Gasteiger partial charge on any atom is -0.484 e. The summed E-state index contributed by atoms with van der Waals surface area (Å²) in [4.78, 5) is 38.7. The number of para-hydroxylation sites is 1. The summed E-state index contributed by atoms with van der Waals surface area (Å²) in [5.74, 6) is -0.592. The van der Waals surface area contributed by atoms with Crippen molar-refractivity contribution in [3.05, 3.63) is 88.9 Å². The van der Waals surface area contributed by atoms with Gasteiger partial charge in [0.1, 0.15) is 5.75 Å². The molecule has 0 radical (unpaired) electrons. The topological polar surface area (TPSA) is 87.7 Å². The number of nitrogens with zero attached hydrogens (tertiary/aromatic N) is 1. The zero-order valence-electron chi connectivity index (χ0n) is 17.6. The SMILES string of the molecule is CN(C)C(=O)COc1cccc(C(=O)Nc2ccccc2C(=O)Nc2ccc(Cl)cc2)c1. The second-order valence-corrected chi connectivity index (χ2v) is 7.50. The Balaban J connectivity index is 1.72. The molecule has 0 atom stereocenters. The molecule has 164 valence electrons. The van der Waals surface area contributed by atoms with Gasteiger partial charge in [0.05, 0.1) is 11.3 Å². The molecule has 3 rings (SSSR count). The minimum atomic E-state index is -0.416. The summed E-state index contributed by atoms with van der Waals surface area (Å²) in [5.41, 5.74) is 1.57. The highest BCUT2D eigenvalue weighted by Gasteiger charge is 2.15. The summed E-state index contributed by atoms with van der Waals surface area (Å²) >= 11 is 5.88. The minimum absolute atomic E-state index is 0.133. The van der Waals surface area contributed by atoms with Gasteiger partial charge in [0.2, 0.25) is 0 Å². The van der Waals surface area contributed by atoms with Crippen LogP contribution in [0.1, 0.15) is 20.7 Å². The normalized spacial score (nSPS) is 10.2. The lowest BCUT2D eigenvalue weighted by Crippen LogP contribution is -2.27. The van der Waals surface area contributed by atoms with Crippen molar-refractivity contribution in [2.45, 2.75) is 0 Å². The highest BCUT2D eigenvalue weighted by atomic mass is 35.5. The van der Waals surface area contributed by atoms with E-state index in [1.54, 1.807) is 80.8 Å². The number of hydrogen-bond donors (Lipinski definition) is 2. The number of benzene rings is 3. The number of nitrogens with one attached hydrogen (secondary N) is 2. The summed E-state index contributed by atoms with van der Waals surface area (Å²) in [6.45, 7) is -0.133. The molecular formula is C24H22ClN3O4. The van der Waals surface area contributed by atoms with Crippen LogP contribution in [-0.2, 0) is 4.79 Å². The third-order valence-corrected chi connectivity index (χ3v) is 4.73. The largest absolute Gasteiger partial charge is 0.484 e. The number of rotatable bonds is 7. The van der Waals surface area contributed by atoms with E-state index in [4.69, 9.17) is 16.3 Å². The predicted octanol–water partition coefficient (Wildman–Crippen LogP) is 4.31. The lowest BCUT2D eigenvalue weighted by Gasteiger charge is -2.13. The van der Waals surface area contributed by atoms with Crippen molar-refractivity contribution < 1.29 is 19.1 Å². The molecule has 0 spiro atoms.